The van der Waals surface area contributed by atoms with Crippen LogP contribution in [0.25, 0.3) is 0 Å². The van der Waals surface area contributed by atoms with Gasteiger partial charge in [-0.1, -0.05) is 6.92 Å². The highest BCUT2D eigenvalue weighted by atomic mass is 16.5. The minimum atomic E-state index is -0.581. The molecule has 1 N–H and O–H groups in total. The number of likely N-dealkylation sites (N-methyl/N-ethyl adjacent to an activating group) is 1. The molecular weight excluding hydrogens is 242 g/mol. The van der Waals surface area contributed by atoms with E-state index in [0.29, 0.717) is 0 Å². The van der Waals surface area contributed by atoms with E-state index in [1.807, 2.05) is 37.7 Å². The summed E-state index contributed by atoms with van der Waals surface area (Å²) >= 11 is 0. The van der Waals surface area contributed by atoms with Gasteiger partial charge in [-0.15, -0.1) is 0 Å². The first-order chi connectivity index (χ1) is 9.03. The largest absolute Gasteiger partial charge is 0.468 e. The molecule has 1 rings (SSSR count). The molecule has 1 atom stereocenters. The summed E-state index contributed by atoms with van der Waals surface area (Å²) < 4.78 is 6.86. The Balaban J connectivity index is 2.40. The number of hydrogen-bond acceptors (Lipinski definition) is 4. The zero-order chi connectivity index (χ0) is 14.3. The van der Waals surface area contributed by atoms with Crippen molar-refractivity contribution in [3.05, 3.63) is 18.0 Å². The zero-order valence-electron chi connectivity index (χ0n) is 12.4. The van der Waals surface area contributed by atoms with Crippen molar-refractivity contribution in [2.24, 2.45) is 0 Å². The highest BCUT2D eigenvalue weighted by molar-refractivity contribution is 5.80. The van der Waals surface area contributed by atoms with Gasteiger partial charge in [-0.3, -0.25) is 9.48 Å². The summed E-state index contributed by atoms with van der Waals surface area (Å²) in [6, 6.07) is 2.00. The van der Waals surface area contributed by atoms with E-state index in [-0.39, 0.29) is 5.97 Å². The van der Waals surface area contributed by atoms with E-state index in [4.69, 9.17) is 4.74 Å². The molecule has 0 amide bonds. The number of carbonyl (C=O) groups is 1. The predicted molar refractivity (Wildman–Crippen MR) is 74.9 cm³/mol. The summed E-state index contributed by atoms with van der Waals surface area (Å²) in [6.07, 6.45) is 4.54. The Bertz CT molecular complexity index is 403. The van der Waals surface area contributed by atoms with Crippen molar-refractivity contribution in [3.63, 3.8) is 0 Å². The first-order valence-corrected chi connectivity index (χ1v) is 6.85. The fourth-order valence-electron chi connectivity index (χ4n) is 2.25. The van der Waals surface area contributed by atoms with Gasteiger partial charge in [0.2, 0.25) is 0 Å². The smallest absolute Gasteiger partial charge is 0.325 e. The summed E-state index contributed by atoms with van der Waals surface area (Å²) in [5, 5.41) is 7.46. The summed E-state index contributed by atoms with van der Waals surface area (Å²) in [5.41, 5.74) is 0.588. The third kappa shape index (κ3) is 4.35. The van der Waals surface area contributed by atoms with Crippen LogP contribution in [-0.2, 0) is 16.1 Å². The van der Waals surface area contributed by atoms with Crippen molar-refractivity contribution in [3.8, 4) is 0 Å². The van der Waals surface area contributed by atoms with Gasteiger partial charge in [-0.05, 0) is 45.7 Å². The van der Waals surface area contributed by atoms with Crippen LogP contribution in [0.4, 0.5) is 0 Å². The second kappa shape index (κ2) is 7.28. The van der Waals surface area contributed by atoms with Crippen molar-refractivity contribution >= 4 is 5.97 Å². The van der Waals surface area contributed by atoms with Gasteiger partial charge in [0.05, 0.1) is 7.11 Å². The Morgan fingerprint density at radius 3 is 2.79 bits per heavy atom. The Morgan fingerprint density at radius 1 is 1.53 bits per heavy atom. The molecule has 0 aliphatic rings. The van der Waals surface area contributed by atoms with E-state index >= 15 is 0 Å². The molecule has 0 radical (unpaired) electrons. The van der Waals surface area contributed by atoms with Crippen molar-refractivity contribution < 1.29 is 9.53 Å². The minimum Gasteiger partial charge on any atom is -0.468 e. The number of aryl methyl sites for hydroxylation is 2. The Morgan fingerprint density at radius 2 is 2.26 bits per heavy atom. The highest BCUT2D eigenvalue weighted by Crippen LogP contribution is 2.16. The third-order valence-corrected chi connectivity index (χ3v) is 3.43. The van der Waals surface area contributed by atoms with E-state index in [9.17, 15) is 4.79 Å². The van der Waals surface area contributed by atoms with E-state index in [1.54, 1.807) is 0 Å². The first kappa shape index (κ1) is 15.7. The van der Waals surface area contributed by atoms with E-state index < -0.39 is 5.54 Å². The molecule has 108 valence electrons. The van der Waals surface area contributed by atoms with Gasteiger partial charge in [-0.2, -0.15) is 5.10 Å². The molecule has 1 aromatic heterocycles. The van der Waals surface area contributed by atoms with Gasteiger partial charge < -0.3 is 10.1 Å². The number of carbonyl (C=O) groups excluding carboxylic acids is 1. The zero-order valence-corrected chi connectivity index (χ0v) is 12.4. The molecule has 1 heterocycles. The molecule has 5 heteroatoms. The maximum absolute atomic E-state index is 11.8. The molecule has 0 aliphatic heterocycles. The second-order valence-electron chi connectivity index (χ2n) is 5.01. The van der Waals surface area contributed by atoms with Crippen molar-refractivity contribution in [2.75, 3.05) is 13.7 Å². The lowest BCUT2D eigenvalue weighted by atomic mass is 9.94. The Labute approximate surface area is 115 Å². The monoisotopic (exact) mass is 267 g/mol. The normalized spacial score (nSPS) is 14.1. The molecule has 0 bridgehead atoms. The topological polar surface area (TPSA) is 56.2 Å². The van der Waals surface area contributed by atoms with Crippen LogP contribution in [0.15, 0.2) is 12.3 Å². The summed E-state index contributed by atoms with van der Waals surface area (Å²) in [5.74, 6) is -0.190. The average molecular weight is 267 g/mol. The van der Waals surface area contributed by atoms with Crippen LogP contribution in [0.3, 0.4) is 0 Å². The highest BCUT2D eigenvalue weighted by Gasteiger charge is 2.32. The number of nitrogens with zero attached hydrogens (tertiary/aromatic N) is 2. The van der Waals surface area contributed by atoms with Crippen LogP contribution >= 0.6 is 0 Å². The van der Waals surface area contributed by atoms with Gasteiger partial charge in [0.25, 0.3) is 0 Å². The lowest BCUT2D eigenvalue weighted by molar-refractivity contribution is -0.148. The molecule has 0 aromatic carbocycles. The third-order valence-electron chi connectivity index (χ3n) is 3.43. The maximum Gasteiger partial charge on any atom is 0.325 e. The number of unbranched alkanes of at least 4 members (excludes halogenated alkanes) is 1. The fourth-order valence-corrected chi connectivity index (χ4v) is 2.25. The first-order valence-electron chi connectivity index (χ1n) is 6.85. The van der Waals surface area contributed by atoms with Crippen LogP contribution < -0.4 is 5.32 Å². The predicted octanol–water partition coefficient (Wildman–Crippen LogP) is 1.90. The fraction of sp³-hybridized carbons (Fsp3) is 0.714. The minimum absolute atomic E-state index is 0.190. The van der Waals surface area contributed by atoms with Gasteiger partial charge in [-0.25, -0.2) is 0 Å². The summed E-state index contributed by atoms with van der Waals surface area (Å²) in [6.45, 7) is 7.59. The molecule has 1 aromatic rings. The number of hydrogen-bond donors (Lipinski definition) is 1. The van der Waals surface area contributed by atoms with E-state index in [0.717, 1.165) is 32.4 Å². The molecular formula is C14H25N3O2. The van der Waals surface area contributed by atoms with Crippen LogP contribution in [0.1, 0.15) is 38.8 Å². The van der Waals surface area contributed by atoms with Gasteiger partial charge in [0, 0.05) is 18.4 Å². The quantitative estimate of drug-likeness (QED) is 0.577. The molecule has 0 saturated carbocycles. The molecule has 0 spiro atoms. The van der Waals surface area contributed by atoms with Crippen molar-refractivity contribution in [1.29, 1.82) is 0 Å². The van der Waals surface area contributed by atoms with Crippen LogP contribution in [0.2, 0.25) is 0 Å². The molecule has 1 unspecified atom stereocenters. The summed E-state index contributed by atoms with van der Waals surface area (Å²) in [4.78, 5) is 11.8. The Kier molecular flexibility index (Phi) is 6.02. The molecule has 0 fully saturated rings. The van der Waals surface area contributed by atoms with Crippen molar-refractivity contribution in [1.82, 2.24) is 15.1 Å². The molecule has 19 heavy (non-hydrogen) atoms. The number of nitrogens with one attached hydrogen (secondary N) is 1. The number of methoxy groups -OCH3 is 1. The SMILES string of the molecule is CCNC(C)(CCCCn1nccc1C)C(=O)OC. The number of esters is 1. The van der Waals surface area contributed by atoms with Crippen LogP contribution in [0, 0.1) is 6.92 Å². The number of rotatable bonds is 8. The molecule has 5 nitrogen and oxygen atoms in total. The van der Waals surface area contributed by atoms with Gasteiger partial charge >= 0.3 is 5.97 Å². The van der Waals surface area contributed by atoms with Gasteiger partial charge in [0.1, 0.15) is 5.54 Å². The van der Waals surface area contributed by atoms with E-state index in [2.05, 4.69) is 10.4 Å². The molecule has 0 saturated heterocycles. The average Bonchev–Trinajstić information content (AvgIpc) is 2.79. The summed E-state index contributed by atoms with van der Waals surface area (Å²) in [7, 11) is 1.44. The van der Waals surface area contributed by atoms with Crippen LogP contribution in [0.5, 0.6) is 0 Å². The lowest BCUT2D eigenvalue weighted by Gasteiger charge is -2.27. The standard InChI is InChI=1S/C14H25N3O2/c1-5-15-14(3,13(18)19-4)9-6-7-11-17-12(2)8-10-16-17/h8,10,15H,5-7,9,11H2,1-4H3. The van der Waals surface area contributed by atoms with E-state index in [1.165, 1.54) is 12.8 Å². The number of aromatic nitrogens is 2. The second-order valence-corrected chi connectivity index (χ2v) is 5.01. The Hall–Kier alpha value is -1.36. The number of ether oxygens (including phenoxy) is 1. The van der Waals surface area contributed by atoms with Crippen LogP contribution in [-0.4, -0.2) is 34.9 Å². The maximum atomic E-state index is 11.8. The lowest BCUT2D eigenvalue weighted by Crippen LogP contribution is -2.50. The van der Waals surface area contributed by atoms with Gasteiger partial charge in [0.15, 0.2) is 0 Å². The van der Waals surface area contributed by atoms with Crippen molar-refractivity contribution in [2.45, 2.75) is 52.1 Å². The molecule has 0 aliphatic carbocycles.